The molecule has 0 bridgehead atoms. The molecule has 8 heteroatoms. The predicted molar refractivity (Wildman–Crippen MR) is 93.5 cm³/mol. The first-order chi connectivity index (χ1) is 11.5. The topological polar surface area (TPSA) is 87.3 Å². The van der Waals surface area contributed by atoms with E-state index < -0.39 is 17.7 Å². The number of benzene rings is 2. The highest BCUT2D eigenvalue weighted by molar-refractivity contribution is 9.10. The zero-order valence-corrected chi connectivity index (χ0v) is 14.6. The number of hydrogen-bond acceptors (Lipinski definition) is 3. The second-order valence-electron chi connectivity index (χ2n) is 4.68. The highest BCUT2D eigenvalue weighted by atomic mass is 79.9. The van der Waals surface area contributed by atoms with E-state index in [2.05, 4.69) is 32.1 Å². The molecule has 0 aliphatic rings. The number of carbonyl (C=O) groups excluding carboxylic acids is 3. The fourth-order valence-corrected chi connectivity index (χ4v) is 2.43. The van der Waals surface area contributed by atoms with Gasteiger partial charge in [-0.05, 0) is 46.3 Å². The third-order valence-electron chi connectivity index (χ3n) is 2.93. The minimum absolute atomic E-state index is 0.290. The molecule has 0 spiro atoms. The smallest absolute Gasteiger partial charge is 0.270 e. The van der Waals surface area contributed by atoms with Gasteiger partial charge in [0.1, 0.15) is 0 Å². The van der Waals surface area contributed by atoms with Crippen molar-refractivity contribution in [2.24, 2.45) is 0 Å². The van der Waals surface area contributed by atoms with E-state index in [1.165, 1.54) is 6.07 Å². The molecule has 0 aromatic heterocycles. The lowest BCUT2D eigenvalue weighted by atomic mass is 10.2. The summed E-state index contributed by atoms with van der Waals surface area (Å²) < 4.78 is 0.603. The van der Waals surface area contributed by atoms with Crippen LogP contribution in [0, 0.1) is 0 Å². The number of amides is 3. The quantitative estimate of drug-likeness (QED) is 0.676. The molecular weight excluding hydrogens is 398 g/mol. The molecule has 0 radical (unpaired) electrons. The maximum absolute atomic E-state index is 11.9. The summed E-state index contributed by atoms with van der Waals surface area (Å²) in [7, 11) is 0. The summed E-state index contributed by atoms with van der Waals surface area (Å²) in [5, 5.41) is 2.85. The van der Waals surface area contributed by atoms with Crippen LogP contribution in [0.5, 0.6) is 0 Å². The molecule has 2 aromatic carbocycles. The zero-order chi connectivity index (χ0) is 17.5. The van der Waals surface area contributed by atoms with E-state index in [0.29, 0.717) is 20.6 Å². The molecule has 0 heterocycles. The van der Waals surface area contributed by atoms with Gasteiger partial charge in [0.15, 0.2) is 0 Å². The minimum Gasteiger partial charge on any atom is -0.343 e. The maximum Gasteiger partial charge on any atom is 0.270 e. The minimum atomic E-state index is -0.564. The summed E-state index contributed by atoms with van der Waals surface area (Å²) in [6, 6.07) is 13.1. The molecule has 24 heavy (non-hydrogen) atoms. The van der Waals surface area contributed by atoms with Gasteiger partial charge >= 0.3 is 0 Å². The second kappa shape index (κ2) is 8.47. The van der Waals surface area contributed by atoms with Gasteiger partial charge < -0.3 is 5.32 Å². The Hall–Kier alpha value is -2.38. The van der Waals surface area contributed by atoms with Crippen LogP contribution in [0.1, 0.15) is 20.7 Å². The lowest BCUT2D eigenvalue weighted by Gasteiger charge is -2.09. The van der Waals surface area contributed by atoms with Gasteiger partial charge in [0.2, 0.25) is 0 Å². The molecule has 0 aliphatic carbocycles. The summed E-state index contributed by atoms with van der Waals surface area (Å²) in [6.45, 7) is -0.290. The maximum atomic E-state index is 11.9. The lowest BCUT2D eigenvalue weighted by Crippen LogP contribution is -2.46. The third-order valence-corrected chi connectivity index (χ3v) is 3.86. The van der Waals surface area contributed by atoms with Crippen molar-refractivity contribution in [2.75, 3.05) is 6.54 Å². The Balaban J connectivity index is 1.80. The van der Waals surface area contributed by atoms with Crippen LogP contribution in [-0.2, 0) is 4.79 Å². The van der Waals surface area contributed by atoms with Crippen LogP contribution in [0.25, 0.3) is 0 Å². The van der Waals surface area contributed by atoms with E-state index in [9.17, 15) is 14.4 Å². The summed E-state index contributed by atoms with van der Waals surface area (Å²) >= 11 is 9.04. The first kappa shape index (κ1) is 18.0. The van der Waals surface area contributed by atoms with Crippen molar-refractivity contribution in [3.8, 4) is 0 Å². The van der Waals surface area contributed by atoms with Gasteiger partial charge in [-0.15, -0.1) is 0 Å². The van der Waals surface area contributed by atoms with Crippen LogP contribution < -0.4 is 16.2 Å². The highest BCUT2D eigenvalue weighted by Gasteiger charge is 2.11. The van der Waals surface area contributed by atoms with Crippen LogP contribution in [0.15, 0.2) is 53.0 Å². The molecule has 3 N–H and O–H groups in total. The first-order valence-electron chi connectivity index (χ1n) is 6.85. The van der Waals surface area contributed by atoms with Crippen molar-refractivity contribution in [1.82, 2.24) is 16.2 Å². The molecule has 0 fully saturated rings. The Labute approximate surface area is 151 Å². The molecule has 124 valence electrons. The van der Waals surface area contributed by atoms with Gasteiger partial charge in [0.25, 0.3) is 17.7 Å². The molecule has 0 unspecified atom stereocenters. The molecule has 2 rings (SSSR count). The Bertz CT molecular complexity index is 783. The standard InChI is InChI=1S/C16H13BrClN3O3/c17-13-7-2-1-6-12(13)16(24)21-20-14(22)9-19-15(23)10-4-3-5-11(18)8-10/h1-8H,9H2,(H,19,23)(H,20,22)(H,21,24). The van der Waals surface area contributed by atoms with Crippen molar-refractivity contribution in [3.05, 3.63) is 69.2 Å². The van der Waals surface area contributed by atoms with Crippen molar-refractivity contribution < 1.29 is 14.4 Å². The Morgan fingerprint density at radius 1 is 0.958 bits per heavy atom. The molecule has 6 nitrogen and oxygen atoms in total. The van der Waals surface area contributed by atoms with Crippen LogP contribution in [0.3, 0.4) is 0 Å². The van der Waals surface area contributed by atoms with Crippen LogP contribution >= 0.6 is 27.5 Å². The number of hydrogen-bond donors (Lipinski definition) is 3. The van der Waals surface area contributed by atoms with E-state index in [1.807, 2.05) is 0 Å². The van der Waals surface area contributed by atoms with E-state index in [-0.39, 0.29) is 6.54 Å². The van der Waals surface area contributed by atoms with Crippen molar-refractivity contribution in [3.63, 3.8) is 0 Å². The normalized spacial score (nSPS) is 9.92. The number of nitrogens with one attached hydrogen (secondary N) is 3. The van der Waals surface area contributed by atoms with Crippen LogP contribution in [0.2, 0.25) is 5.02 Å². The van der Waals surface area contributed by atoms with E-state index in [4.69, 9.17) is 11.6 Å². The number of hydrazine groups is 1. The predicted octanol–water partition coefficient (Wildman–Crippen LogP) is 2.29. The molecular formula is C16H13BrClN3O3. The van der Waals surface area contributed by atoms with Gasteiger partial charge in [-0.1, -0.05) is 29.8 Å². The van der Waals surface area contributed by atoms with Gasteiger partial charge in [-0.25, -0.2) is 0 Å². The van der Waals surface area contributed by atoms with E-state index >= 15 is 0 Å². The molecule has 3 amide bonds. The lowest BCUT2D eigenvalue weighted by molar-refractivity contribution is -0.120. The number of halogens is 2. The summed E-state index contributed by atoms with van der Waals surface area (Å²) in [4.78, 5) is 35.5. The molecule has 2 aromatic rings. The van der Waals surface area contributed by atoms with Crippen LogP contribution in [-0.4, -0.2) is 24.3 Å². The molecule has 0 atom stereocenters. The Kier molecular flexibility index (Phi) is 6.34. The zero-order valence-electron chi connectivity index (χ0n) is 12.3. The van der Waals surface area contributed by atoms with Gasteiger partial charge in [-0.2, -0.15) is 0 Å². The van der Waals surface area contributed by atoms with E-state index in [1.54, 1.807) is 42.5 Å². The molecule has 0 aliphatic heterocycles. The highest BCUT2D eigenvalue weighted by Crippen LogP contribution is 2.15. The van der Waals surface area contributed by atoms with Gasteiger partial charge in [0, 0.05) is 15.1 Å². The fraction of sp³-hybridized carbons (Fsp3) is 0.0625. The summed E-state index contributed by atoms with van der Waals surface area (Å²) in [6.07, 6.45) is 0. The molecule has 0 saturated carbocycles. The number of carbonyl (C=O) groups is 3. The SMILES string of the molecule is O=C(CNC(=O)c1cccc(Cl)c1)NNC(=O)c1ccccc1Br. The van der Waals surface area contributed by atoms with Gasteiger partial charge in [-0.3, -0.25) is 25.2 Å². The average molecular weight is 411 g/mol. The van der Waals surface area contributed by atoms with Crippen molar-refractivity contribution >= 4 is 45.3 Å². The monoisotopic (exact) mass is 409 g/mol. The summed E-state index contributed by atoms with van der Waals surface area (Å²) in [5.41, 5.74) is 5.21. The Morgan fingerprint density at radius 2 is 1.71 bits per heavy atom. The number of rotatable bonds is 4. The first-order valence-corrected chi connectivity index (χ1v) is 8.02. The second-order valence-corrected chi connectivity index (χ2v) is 5.97. The van der Waals surface area contributed by atoms with Crippen molar-refractivity contribution in [2.45, 2.75) is 0 Å². The van der Waals surface area contributed by atoms with Crippen LogP contribution in [0.4, 0.5) is 0 Å². The summed E-state index contributed by atoms with van der Waals surface area (Å²) in [5.74, 6) is -1.48. The Morgan fingerprint density at radius 3 is 2.42 bits per heavy atom. The van der Waals surface area contributed by atoms with Crippen molar-refractivity contribution in [1.29, 1.82) is 0 Å². The average Bonchev–Trinajstić information content (AvgIpc) is 2.58. The van der Waals surface area contributed by atoms with E-state index in [0.717, 1.165) is 0 Å². The molecule has 0 saturated heterocycles. The fourth-order valence-electron chi connectivity index (χ4n) is 1.78. The largest absolute Gasteiger partial charge is 0.343 e. The third kappa shape index (κ3) is 5.07. The van der Waals surface area contributed by atoms with Gasteiger partial charge in [0.05, 0.1) is 12.1 Å².